The van der Waals surface area contributed by atoms with Crippen molar-refractivity contribution in [3.63, 3.8) is 0 Å². The number of carbonyl (C=O) groups is 1. The number of hydrogen-bond acceptors (Lipinski definition) is 4. The van der Waals surface area contributed by atoms with Gasteiger partial charge in [0.1, 0.15) is 6.35 Å². The van der Waals surface area contributed by atoms with Gasteiger partial charge < -0.3 is 20.2 Å². The van der Waals surface area contributed by atoms with Crippen LogP contribution in [0.4, 0.5) is 0 Å². The van der Waals surface area contributed by atoms with Crippen LogP contribution in [0.5, 0.6) is 0 Å². The maximum Gasteiger partial charge on any atom is 0.342 e. The standard InChI is InChI=1S/C3H7O6P/c4-1-10(8,9)3(7)2(5)6/h3-4,7H,1H2,(H,5,6)(H,8,9). The Labute approximate surface area is 56.2 Å². The maximum atomic E-state index is 10.4. The van der Waals surface area contributed by atoms with Crippen LogP contribution in [0.15, 0.2) is 0 Å². The number of carboxylic acid groups (broad SMARTS) is 1. The van der Waals surface area contributed by atoms with Crippen molar-refractivity contribution in [1.82, 2.24) is 0 Å². The third-order valence-electron chi connectivity index (χ3n) is 0.806. The van der Waals surface area contributed by atoms with Crippen LogP contribution in [0.25, 0.3) is 0 Å². The molecule has 0 saturated carbocycles. The van der Waals surface area contributed by atoms with Gasteiger partial charge in [0.25, 0.3) is 7.37 Å². The van der Waals surface area contributed by atoms with E-state index in [0.717, 1.165) is 0 Å². The topological polar surface area (TPSA) is 115 Å². The predicted molar refractivity (Wildman–Crippen MR) is 30.6 cm³/mol. The van der Waals surface area contributed by atoms with Crippen LogP contribution >= 0.6 is 7.37 Å². The van der Waals surface area contributed by atoms with Crippen molar-refractivity contribution >= 4 is 13.3 Å². The first-order chi connectivity index (χ1) is 4.41. The van der Waals surface area contributed by atoms with E-state index in [-0.39, 0.29) is 0 Å². The van der Waals surface area contributed by atoms with Gasteiger partial charge in [-0.15, -0.1) is 0 Å². The molecule has 0 aromatic rings. The molecule has 0 aliphatic carbocycles. The summed E-state index contributed by atoms with van der Waals surface area (Å²) in [6.45, 7) is 0. The Kier molecular flexibility index (Phi) is 2.98. The van der Waals surface area contributed by atoms with Crippen LogP contribution in [-0.2, 0) is 9.36 Å². The van der Waals surface area contributed by atoms with Gasteiger partial charge in [0, 0.05) is 0 Å². The summed E-state index contributed by atoms with van der Waals surface area (Å²) >= 11 is 0. The molecule has 4 N–H and O–H groups in total. The van der Waals surface area contributed by atoms with E-state index in [0.29, 0.717) is 0 Å². The normalized spacial score (nSPS) is 19.5. The Hall–Kier alpha value is -0.420. The molecule has 0 saturated heterocycles. The lowest BCUT2D eigenvalue weighted by atomic mass is 10.7. The number of rotatable bonds is 3. The summed E-state index contributed by atoms with van der Waals surface area (Å²) in [7, 11) is -4.31. The highest BCUT2D eigenvalue weighted by molar-refractivity contribution is 7.59. The molecule has 0 bridgehead atoms. The Morgan fingerprint density at radius 2 is 2.00 bits per heavy atom. The van der Waals surface area contributed by atoms with E-state index in [1.807, 2.05) is 0 Å². The van der Waals surface area contributed by atoms with Crippen LogP contribution < -0.4 is 0 Å². The molecule has 0 aromatic carbocycles. The first kappa shape index (κ1) is 9.58. The summed E-state index contributed by atoms with van der Waals surface area (Å²) in [5, 5.41) is 24.4. The number of aliphatic hydroxyl groups excluding tert-OH is 2. The molecule has 0 aliphatic rings. The largest absolute Gasteiger partial charge is 0.479 e. The molecule has 0 aliphatic heterocycles. The fraction of sp³-hybridized carbons (Fsp3) is 0.667. The van der Waals surface area contributed by atoms with Crippen molar-refractivity contribution in [3.05, 3.63) is 0 Å². The zero-order chi connectivity index (χ0) is 8.36. The number of carboxylic acids is 1. The molecule has 10 heavy (non-hydrogen) atoms. The predicted octanol–water partition coefficient (Wildman–Crippen LogP) is -1.39. The van der Waals surface area contributed by atoms with Crippen LogP contribution in [0.3, 0.4) is 0 Å². The SMILES string of the molecule is O=C(O)C(O)P(=O)(O)CO. The van der Waals surface area contributed by atoms with Gasteiger partial charge in [0.15, 0.2) is 0 Å². The van der Waals surface area contributed by atoms with Crippen LogP contribution in [0, 0.1) is 0 Å². The van der Waals surface area contributed by atoms with Gasteiger partial charge in [0.05, 0.1) is 0 Å². The lowest BCUT2D eigenvalue weighted by Gasteiger charge is -2.10. The van der Waals surface area contributed by atoms with E-state index in [9.17, 15) is 9.36 Å². The average Bonchev–Trinajstić information content (AvgIpc) is 1.86. The van der Waals surface area contributed by atoms with E-state index >= 15 is 0 Å². The van der Waals surface area contributed by atoms with Crippen LogP contribution in [0.1, 0.15) is 0 Å². The zero-order valence-corrected chi connectivity index (χ0v) is 5.73. The van der Waals surface area contributed by atoms with Crippen molar-refractivity contribution in [2.45, 2.75) is 5.85 Å². The fourth-order valence-electron chi connectivity index (χ4n) is 0.250. The van der Waals surface area contributed by atoms with Gasteiger partial charge in [-0.25, -0.2) is 4.79 Å². The zero-order valence-electron chi connectivity index (χ0n) is 4.84. The molecule has 2 atom stereocenters. The second-order valence-corrected chi connectivity index (χ2v) is 3.89. The van der Waals surface area contributed by atoms with Gasteiger partial charge in [0.2, 0.25) is 5.85 Å². The number of aliphatic carboxylic acids is 1. The molecule has 0 spiro atoms. The van der Waals surface area contributed by atoms with Crippen molar-refractivity contribution in [2.24, 2.45) is 0 Å². The second kappa shape index (κ2) is 3.12. The van der Waals surface area contributed by atoms with Crippen molar-refractivity contribution in [2.75, 3.05) is 6.35 Å². The number of hydrogen-bond donors (Lipinski definition) is 4. The molecule has 0 rings (SSSR count). The fourth-order valence-corrected chi connectivity index (χ4v) is 0.750. The Morgan fingerprint density at radius 1 is 1.60 bits per heavy atom. The highest BCUT2D eigenvalue weighted by atomic mass is 31.2. The van der Waals surface area contributed by atoms with Gasteiger partial charge in [-0.2, -0.15) is 0 Å². The molecule has 0 aromatic heterocycles. The molecule has 0 amide bonds. The molecule has 0 fully saturated rings. The minimum atomic E-state index is -4.31. The molecule has 60 valence electrons. The molecule has 6 nitrogen and oxygen atoms in total. The summed E-state index contributed by atoms with van der Waals surface area (Å²) in [4.78, 5) is 18.2. The summed E-state index contributed by atoms with van der Waals surface area (Å²) in [5.74, 6) is -4.21. The van der Waals surface area contributed by atoms with Gasteiger partial charge in [-0.05, 0) is 0 Å². The Balaban J connectivity index is 4.33. The summed E-state index contributed by atoms with van der Waals surface area (Å²) in [6.07, 6.45) is -1.24. The van der Waals surface area contributed by atoms with E-state index < -0.39 is 25.5 Å². The number of aliphatic hydroxyl groups is 2. The summed E-state index contributed by atoms with van der Waals surface area (Å²) in [5.41, 5.74) is 0. The van der Waals surface area contributed by atoms with E-state index in [1.54, 1.807) is 0 Å². The molecular weight excluding hydrogens is 163 g/mol. The van der Waals surface area contributed by atoms with Gasteiger partial charge in [-0.3, -0.25) is 4.57 Å². The van der Waals surface area contributed by atoms with Crippen LogP contribution in [-0.4, -0.2) is 38.4 Å². The minimum Gasteiger partial charge on any atom is -0.479 e. The monoisotopic (exact) mass is 170 g/mol. The molecule has 7 heteroatoms. The van der Waals surface area contributed by atoms with Gasteiger partial charge in [-0.1, -0.05) is 0 Å². The van der Waals surface area contributed by atoms with E-state index in [4.69, 9.17) is 20.2 Å². The molecule has 0 radical (unpaired) electrons. The lowest BCUT2D eigenvalue weighted by Crippen LogP contribution is -2.20. The van der Waals surface area contributed by atoms with Gasteiger partial charge >= 0.3 is 5.97 Å². The third-order valence-corrected chi connectivity index (χ3v) is 2.20. The Morgan fingerprint density at radius 3 is 2.10 bits per heavy atom. The third kappa shape index (κ3) is 2.07. The minimum absolute atomic E-state index is 1.24. The quantitative estimate of drug-likeness (QED) is 0.387. The highest BCUT2D eigenvalue weighted by Crippen LogP contribution is 2.43. The van der Waals surface area contributed by atoms with E-state index in [1.165, 1.54) is 0 Å². The first-order valence-electron chi connectivity index (χ1n) is 2.25. The Bertz CT molecular complexity index is 176. The molecule has 0 heterocycles. The van der Waals surface area contributed by atoms with Crippen molar-refractivity contribution in [1.29, 1.82) is 0 Å². The molecular formula is C3H7O6P. The smallest absolute Gasteiger partial charge is 0.342 e. The van der Waals surface area contributed by atoms with E-state index in [2.05, 4.69) is 0 Å². The van der Waals surface area contributed by atoms with Crippen LogP contribution in [0.2, 0.25) is 0 Å². The maximum absolute atomic E-state index is 10.4. The first-order valence-corrected chi connectivity index (χ1v) is 4.16. The average molecular weight is 170 g/mol. The summed E-state index contributed by atoms with van der Waals surface area (Å²) < 4.78 is 10.4. The second-order valence-electron chi connectivity index (χ2n) is 1.61. The lowest BCUT2D eigenvalue weighted by molar-refractivity contribution is -0.142. The van der Waals surface area contributed by atoms with Crippen molar-refractivity contribution in [3.8, 4) is 0 Å². The summed E-state index contributed by atoms with van der Waals surface area (Å²) in [6, 6.07) is 0. The van der Waals surface area contributed by atoms with Crippen molar-refractivity contribution < 1.29 is 29.6 Å². The molecule has 2 unspecified atom stereocenters. The highest BCUT2D eigenvalue weighted by Gasteiger charge is 2.34.